The van der Waals surface area contributed by atoms with Gasteiger partial charge in [-0.1, -0.05) is 5.73 Å². The van der Waals surface area contributed by atoms with Crippen molar-refractivity contribution < 1.29 is 9.47 Å². The van der Waals surface area contributed by atoms with Gasteiger partial charge >= 0.3 is 0 Å². The van der Waals surface area contributed by atoms with Crippen molar-refractivity contribution in [2.75, 3.05) is 20.3 Å². The van der Waals surface area contributed by atoms with Crippen LogP contribution in [0.25, 0.3) is 0 Å². The molecule has 0 bridgehead atoms. The SMILES string of the molecule is COCCOC1=C=C=CC=N1. The molecular weight excluding hydrogens is 142 g/mol. The average molecular weight is 151 g/mol. The number of hydrogen-bond acceptors (Lipinski definition) is 3. The van der Waals surface area contributed by atoms with Crippen LogP contribution in [-0.2, 0) is 9.47 Å². The number of nitrogens with zero attached hydrogens (tertiary/aromatic N) is 1. The number of ether oxygens (including phenoxy) is 2. The van der Waals surface area contributed by atoms with Gasteiger partial charge in [-0.05, 0) is 5.73 Å². The Hall–Kier alpha value is -1.27. The third-order valence-corrected chi connectivity index (χ3v) is 1.05. The molecule has 0 amide bonds. The Morgan fingerprint density at radius 3 is 3.09 bits per heavy atom. The Labute approximate surface area is 65.3 Å². The summed E-state index contributed by atoms with van der Waals surface area (Å²) in [7, 11) is 1.62. The van der Waals surface area contributed by atoms with E-state index < -0.39 is 0 Å². The third-order valence-electron chi connectivity index (χ3n) is 1.05. The van der Waals surface area contributed by atoms with Crippen LogP contribution < -0.4 is 0 Å². The monoisotopic (exact) mass is 151 g/mol. The molecule has 1 aliphatic rings. The van der Waals surface area contributed by atoms with Crippen LogP contribution in [0.1, 0.15) is 0 Å². The minimum absolute atomic E-state index is 0.463. The molecule has 1 rings (SSSR count). The summed E-state index contributed by atoms with van der Waals surface area (Å²) in [6.45, 7) is 1.06. The minimum atomic E-state index is 0.463. The lowest BCUT2D eigenvalue weighted by Gasteiger charge is -2.02. The zero-order valence-electron chi connectivity index (χ0n) is 6.33. The van der Waals surface area contributed by atoms with Gasteiger partial charge in [0.1, 0.15) is 6.61 Å². The van der Waals surface area contributed by atoms with Crippen LogP contribution in [0.15, 0.2) is 28.4 Å². The zero-order chi connectivity index (χ0) is 7.94. The van der Waals surface area contributed by atoms with Gasteiger partial charge in [-0.3, -0.25) is 0 Å². The molecule has 58 valence electrons. The molecule has 0 aromatic heterocycles. The van der Waals surface area contributed by atoms with Crippen LogP contribution in [0.4, 0.5) is 0 Å². The molecule has 0 atom stereocenters. The molecule has 0 saturated carbocycles. The average Bonchev–Trinajstić information content (AvgIpc) is 2.07. The summed E-state index contributed by atoms with van der Waals surface area (Å²) in [5.41, 5.74) is 5.45. The van der Waals surface area contributed by atoms with Gasteiger partial charge in [-0.2, -0.15) is 0 Å². The molecule has 3 nitrogen and oxygen atoms in total. The molecule has 0 spiro atoms. The van der Waals surface area contributed by atoms with E-state index in [-0.39, 0.29) is 0 Å². The first-order chi connectivity index (χ1) is 5.43. The molecule has 0 saturated heterocycles. The van der Waals surface area contributed by atoms with E-state index in [9.17, 15) is 0 Å². The molecule has 0 aliphatic carbocycles. The number of methoxy groups -OCH3 is 1. The standard InChI is InChI=1S/C8H9NO2/c1-10-6-7-11-8-4-2-3-5-9-8/h3,5H,6-7H2,1H3. The first kappa shape index (κ1) is 7.83. The van der Waals surface area contributed by atoms with Crippen molar-refractivity contribution in [3.63, 3.8) is 0 Å². The van der Waals surface area contributed by atoms with E-state index in [1.165, 1.54) is 0 Å². The molecule has 3 heteroatoms. The van der Waals surface area contributed by atoms with E-state index in [0.29, 0.717) is 19.1 Å². The molecule has 0 aromatic rings. The smallest absolute Gasteiger partial charge is 0.268 e. The highest BCUT2D eigenvalue weighted by atomic mass is 16.5. The molecule has 1 aliphatic heterocycles. The number of allylic oxidation sites excluding steroid dienone is 1. The van der Waals surface area contributed by atoms with Crippen molar-refractivity contribution in [3.05, 3.63) is 23.4 Å². The van der Waals surface area contributed by atoms with Crippen molar-refractivity contribution in [1.29, 1.82) is 0 Å². The Kier molecular flexibility index (Phi) is 3.23. The van der Waals surface area contributed by atoms with E-state index in [0.717, 1.165) is 0 Å². The summed E-state index contributed by atoms with van der Waals surface area (Å²) < 4.78 is 9.91. The molecular formula is C8H9NO2. The topological polar surface area (TPSA) is 30.8 Å². The maximum absolute atomic E-state index is 5.12. The van der Waals surface area contributed by atoms with Gasteiger partial charge in [0, 0.05) is 19.4 Å². The highest BCUT2D eigenvalue weighted by Gasteiger charge is 1.92. The van der Waals surface area contributed by atoms with E-state index in [1.54, 1.807) is 19.4 Å². The fraction of sp³-hybridized carbons (Fsp3) is 0.375. The summed E-state index contributed by atoms with van der Waals surface area (Å²) in [4.78, 5) is 3.89. The van der Waals surface area contributed by atoms with Gasteiger partial charge in [-0.15, -0.1) is 0 Å². The second-order valence-electron chi connectivity index (χ2n) is 1.86. The van der Waals surface area contributed by atoms with Gasteiger partial charge in [0.2, 0.25) is 0 Å². The van der Waals surface area contributed by atoms with Gasteiger partial charge in [-0.25, -0.2) is 4.99 Å². The Balaban J connectivity index is 2.32. The number of hydrogen-bond donors (Lipinski definition) is 0. The van der Waals surface area contributed by atoms with E-state index in [1.807, 2.05) is 0 Å². The van der Waals surface area contributed by atoms with Crippen molar-refractivity contribution >= 4 is 6.21 Å². The lowest BCUT2D eigenvalue weighted by Crippen LogP contribution is -2.00. The van der Waals surface area contributed by atoms with Gasteiger partial charge in [0.25, 0.3) is 5.88 Å². The highest BCUT2D eigenvalue weighted by molar-refractivity contribution is 5.72. The van der Waals surface area contributed by atoms with Gasteiger partial charge < -0.3 is 9.47 Å². The quantitative estimate of drug-likeness (QED) is 0.441. The third kappa shape index (κ3) is 2.87. The van der Waals surface area contributed by atoms with Crippen molar-refractivity contribution in [3.8, 4) is 0 Å². The molecule has 0 unspecified atom stereocenters. The Morgan fingerprint density at radius 2 is 2.45 bits per heavy atom. The predicted molar refractivity (Wildman–Crippen MR) is 41.4 cm³/mol. The van der Waals surface area contributed by atoms with Crippen LogP contribution in [0.5, 0.6) is 0 Å². The molecule has 0 N–H and O–H groups in total. The highest BCUT2D eigenvalue weighted by Crippen LogP contribution is 1.97. The van der Waals surface area contributed by atoms with Crippen molar-refractivity contribution in [1.82, 2.24) is 0 Å². The van der Waals surface area contributed by atoms with Crippen molar-refractivity contribution in [2.45, 2.75) is 0 Å². The van der Waals surface area contributed by atoms with E-state index >= 15 is 0 Å². The van der Waals surface area contributed by atoms with Crippen LogP contribution >= 0.6 is 0 Å². The normalized spacial score (nSPS) is 13.4. The molecule has 11 heavy (non-hydrogen) atoms. The molecule has 0 fully saturated rings. The second kappa shape index (κ2) is 4.53. The summed E-state index contributed by atoms with van der Waals surface area (Å²) in [6.07, 6.45) is 3.28. The van der Waals surface area contributed by atoms with Crippen LogP contribution in [-0.4, -0.2) is 26.5 Å². The zero-order valence-corrected chi connectivity index (χ0v) is 6.33. The fourth-order valence-electron chi connectivity index (χ4n) is 0.573. The summed E-state index contributed by atoms with van der Waals surface area (Å²) in [5.74, 6) is 0.463. The largest absolute Gasteiger partial charge is 0.469 e. The van der Waals surface area contributed by atoms with Gasteiger partial charge in [0.05, 0.1) is 6.61 Å². The second-order valence-corrected chi connectivity index (χ2v) is 1.86. The van der Waals surface area contributed by atoms with E-state index in [4.69, 9.17) is 9.47 Å². The maximum Gasteiger partial charge on any atom is 0.268 e. The first-order valence-corrected chi connectivity index (χ1v) is 3.29. The van der Waals surface area contributed by atoms with Crippen LogP contribution in [0, 0.1) is 0 Å². The van der Waals surface area contributed by atoms with Gasteiger partial charge in [0.15, 0.2) is 0 Å². The van der Waals surface area contributed by atoms with Crippen LogP contribution in [0.2, 0.25) is 0 Å². The molecule has 1 heterocycles. The Bertz CT molecular complexity index is 243. The Morgan fingerprint density at radius 1 is 1.55 bits per heavy atom. The summed E-state index contributed by atoms with van der Waals surface area (Å²) in [6, 6.07) is 0. The maximum atomic E-state index is 5.12. The fourth-order valence-corrected chi connectivity index (χ4v) is 0.573. The van der Waals surface area contributed by atoms with E-state index in [2.05, 4.69) is 16.5 Å². The molecule has 0 aromatic carbocycles. The van der Waals surface area contributed by atoms with Crippen LogP contribution in [0.3, 0.4) is 0 Å². The predicted octanol–water partition coefficient (Wildman–Crippen LogP) is 0.885. The first-order valence-electron chi connectivity index (χ1n) is 3.29. The number of rotatable bonds is 4. The minimum Gasteiger partial charge on any atom is -0.469 e. The van der Waals surface area contributed by atoms with Crippen molar-refractivity contribution in [2.24, 2.45) is 4.99 Å². The lowest BCUT2D eigenvalue weighted by molar-refractivity contribution is 0.109. The lowest BCUT2D eigenvalue weighted by atomic mass is 10.5. The summed E-state index contributed by atoms with van der Waals surface area (Å²) in [5, 5.41) is 0. The summed E-state index contributed by atoms with van der Waals surface area (Å²) >= 11 is 0. The number of aliphatic imine (C=N–C) groups is 1. The molecule has 0 radical (unpaired) electrons.